The Morgan fingerprint density at radius 3 is 2.30 bits per heavy atom. The molecule has 0 bridgehead atoms. The molecule has 0 aliphatic rings. The smallest absolute Gasteiger partial charge is 0.238 e. The molecule has 8 heteroatoms. The molecule has 2 N–H and O–H groups in total. The maximum absolute atomic E-state index is 11.5. The number of pyridine rings is 1. The molecule has 136 valence electrons. The second-order valence-electron chi connectivity index (χ2n) is 6.01. The monoisotopic (exact) mass is 380 g/mol. The third kappa shape index (κ3) is 3.40. The SMILES string of the molecule is Cc1ccc(-c2cc(-c3ccncc3)nn2-c2ccc(S(N)(=O)=O)cc2)o1. The molecule has 3 heterocycles. The fraction of sp³-hybridized carbons (Fsp3) is 0.0526. The Morgan fingerprint density at radius 1 is 1.00 bits per heavy atom. The summed E-state index contributed by atoms with van der Waals surface area (Å²) in [5.41, 5.74) is 3.09. The van der Waals surface area contributed by atoms with Crippen LogP contribution in [0.3, 0.4) is 0 Å². The van der Waals surface area contributed by atoms with Crippen molar-refractivity contribution < 1.29 is 12.8 Å². The van der Waals surface area contributed by atoms with Crippen LogP contribution in [-0.4, -0.2) is 23.2 Å². The predicted molar refractivity (Wildman–Crippen MR) is 101 cm³/mol. The van der Waals surface area contributed by atoms with Gasteiger partial charge in [0.2, 0.25) is 10.0 Å². The van der Waals surface area contributed by atoms with Crippen LogP contribution in [0, 0.1) is 6.92 Å². The first-order chi connectivity index (χ1) is 12.9. The maximum atomic E-state index is 11.5. The van der Waals surface area contributed by atoms with E-state index in [1.54, 1.807) is 29.2 Å². The number of aromatic nitrogens is 3. The summed E-state index contributed by atoms with van der Waals surface area (Å²) in [5, 5.41) is 9.85. The van der Waals surface area contributed by atoms with E-state index in [-0.39, 0.29) is 4.90 Å². The van der Waals surface area contributed by atoms with Crippen molar-refractivity contribution in [3.8, 4) is 28.4 Å². The first-order valence-corrected chi connectivity index (χ1v) is 9.67. The number of primary sulfonamides is 1. The molecule has 4 rings (SSSR count). The Labute approximate surface area is 156 Å². The summed E-state index contributed by atoms with van der Waals surface area (Å²) in [6.07, 6.45) is 3.40. The van der Waals surface area contributed by atoms with Crippen LogP contribution >= 0.6 is 0 Å². The van der Waals surface area contributed by atoms with Crippen molar-refractivity contribution >= 4 is 10.0 Å². The van der Waals surface area contributed by atoms with Gasteiger partial charge >= 0.3 is 0 Å². The van der Waals surface area contributed by atoms with Gasteiger partial charge in [0.15, 0.2) is 5.76 Å². The molecular weight excluding hydrogens is 364 g/mol. The van der Waals surface area contributed by atoms with Crippen LogP contribution in [0.2, 0.25) is 0 Å². The van der Waals surface area contributed by atoms with Crippen LogP contribution < -0.4 is 5.14 Å². The second-order valence-corrected chi connectivity index (χ2v) is 7.57. The van der Waals surface area contributed by atoms with Crippen LogP contribution in [0.25, 0.3) is 28.4 Å². The van der Waals surface area contributed by atoms with Crippen molar-refractivity contribution in [2.75, 3.05) is 0 Å². The first-order valence-electron chi connectivity index (χ1n) is 8.12. The van der Waals surface area contributed by atoms with Crippen LogP contribution in [0.1, 0.15) is 5.76 Å². The molecule has 0 saturated carbocycles. The van der Waals surface area contributed by atoms with E-state index in [4.69, 9.17) is 9.56 Å². The molecule has 3 aromatic heterocycles. The highest BCUT2D eigenvalue weighted by Gasteiger charge is 2.16. The number of nitrogens with zero attached hydrogens (tertiary/aromatic N) is 3. The average Bonchev–Trinajstić information content (AvgIpc) is 3.28. The van der Waals surface area contributed by atoms with Gasteiger partial charge in [0.05, 0.1) is 16.3 Å². The molecule has 0 fully saturated rings. The van der Waals surface area contributed by atoms with Gasteiger partial charge in [0.25, 0.3) is 0 Å². The van der Waals surface area contributed by atoms with Crippen LogP contribution in [0.15, 0.2) is 76.3 Å². The number of hydrogen-bond acceptors (Lipinski definition) is 5. The highest BCUT2D eigenvalue weighted by atomic mass is 32.2. The highest BCUT2D eigenvalue weighted by Crippen LogP contribution is 2.30. The molecule has 0 atom stereocenters. The van der Waals surface area contributed by atoms with E-state index in [0.29, 0.717) is 11.4 Å². The van der Waals surface area contributed by atoms with E-state index < -0.39 is 10.0 Å². The summed E-state index contributed by atoms with van der Waals surface area (Å²) in [7, 11) is -3.75. The Kier molecular flexibility index (Phi) is 4.14. The lowest BCUT2D eigenvalue weighted by Crippen LogP contribution is -2.12. The van der Waals surface area contributed by atoms with Gasteiger partial charge in [-0.05, 0) is 61.5 Å². The van der Waals surface area contributed by atoms with Crippen molar-refractivity contribution in [2.45, 2.75) is 11.8 Å². The van der Waals surface area contributed by atoms with E-state index in [0.717, 1.165) is 22.7 Å². The number of sulfonamides is 1. The van der Waals surface area contributed by atoms with Crippen molar-refractivity contribution in [1.29, 1.82) is 0 Å². The molecule has 4 aromatic rings. The zero-order valence-corrected chi connectivity index (χ0v) is 15.2. The Hall–Kier alpha value is -3.23. The summed E-state index contributed by atoms with van der Waals surface area (Å²) in [6.45, 7) is 1.87. The molecule has 0 unspecified atom stereocenters. The molecule has 27 heavy (non-hydrogen) atoms. The van der Waals surface area contributed by atoms with Crippen molar-refractivity contribution in [1.82, 2.24) is 14.8 Å². The second kappa shape index (κ2) is 6.49. The van der Waals surface area contributed by atoms with Crippen LogP contribution in [0.4, 0.5) is 0 Å². The lowest BCUT2D eigenvalue weighted by atomic mass is 10.2. The van der Waals surface area contributed by atoms with Gasteiger partial charge in [-0.15, -0.1) is 0 Å². The van der Waals surface area contributed by atoms with Crippen LogP contribution in [-0.2, 0) is 10.0 Å². The van der Waals surface area contributed by atoms with E-state index in [9.17, 15) is 8.42 Å². The first kappa shape index (κ1) is 17.2. The van der Waals surface area contributed by atoms with Gasteiger partial charge in [0.1, 0.15) is 11.5 Å². The molecule has 0 aliphatic carbocycles. The normalized spacial score (nSPS) is 11.6. The largest absolute Gasteiger partial charge is 0.460 e. The maximum Gasteiger partial charge on any atom is 0.238 e. The third-order valence-electron chi connectivity index (χ3n) is 4.09. The van der Waals surface area contributed by atoms with Crippen molar-refractivity contribution in [3.05, 3.63) is 72.8 Å². The zero-order valence-electron chi connectivity index (χ0n) is 14.4. The van der Waals surface area contributed by atoms with Gasteiger partial charge in [-0.2, -0.15) is 5.10 Å². The van der Waals surface area contributed by atoms with Gasteiger partial charge in [-0.3, -0.25) is 4.98 Å². The Balaban J connectivity index is 1.87. The van der Waals surface area contributed by atoms with Crippen LogP contribution in [0.5, 0.6) is 0 Å². The topological polar surface area (TPSA) is 104 Å². The molecule has 7 nitrogen and oxygen atoms in total. The van der Waals surface area contributed by atoms with Gasteiger partial charge in [-0.1, -0.05) is 0 Å². The third-order valence-corrected chi connectivity index (χ3v) is 5.02. The average molecular weight is 380 g/mol. The zero-order chi connectivity index (χ0) is 19.0. The summed E-state index contributed by atoms with van der Waals surface area (Å²) < 4.78 is 30.5. The number of benzene rings is 1. The quantitative estimate of drug-likeness (QED) is 0.586. The van der Waals surface area contributed by atoms with Crippen molar-refractivity contribution in [2.24, 2.45) is 5.14 Å². The molecular formula is C19H16N4O3S. The minimum absolute atomic E-state index is 0.0446. The fourth-order valence-corrected chi connectivity index (χ4v) is 3.28. The number of hydrogen-bond donors (Lipinski definition) is 1. The molecule has 0 amide bonds. The lowest BCUT2D eigenvalue weighted by molar-refractivity contribution is 0.544. The molecule has 0 spiro atoms. The van der Waals surface area contributed by atoms with E-state index in [2.05, 4.69) is 10.1 Å². The molecule has 0 radical (unpaired) electrons. The minimum atomic E-state index is -3.75. The molecule has 0 saturated heterocycles. The van der Waals surface area contributed by atoms with Crippen molar-refractivity contribution in [3.63, 3.8) is 0 Å². The summed E-state index contributed by atoms with van der Waals surface area (Å²) >= 11 is 0. The minimum Gasteiger partial charge on any atom is -0.460 e. The van der Waals surface area contributed by atoms with Gasteiger partial charge < -0.3 is 4.42 Å². The van der Waals surface area contributed by atoms with E-state index >= 15 is 0 Å². The fourth-order valence-electron chi connectivity index (χ4n) is 2.77. The highest BCUT2D eigenvalue weighted by molar-refractivity contribution is 7.89. The van der Waals surface area contributed by atoms with Gasteiger partial charge in [0, 0.05) is 18.0 Å². The molecule has 1 aromatic carbocycles. The summed E-state index contributed by atoms with van der Waals surface area (Å²) in [6, 6.07) is 15.6. The predicted octanol–water partition coefficient (Wildman–Crippen LogP) is 3.15. The lowest BCUT2D eigenvalue weighted by Gasteiger charge is -2.06. The number of nitrogens with two attached hydrogens (primary N) is 1. The molecule has 0 aliphatic heterocycles. The number of rotatable bonds is 4. The standard InChI is InChI=1S/C19H16N4O3S/c1-13-2-7-19(26-13)18-12-17(14-8-10-21-11-9-14)22-23(18)15-3-5-16(6-4-15)27(20,24)25/h2-12H,1H3,(H2,20,24,25). The Bertz CT molecular complexity index is 1190. The Morgan fingerprint density at radius 2 is 1.70 bits per heavy atom. The number of furan rings is 1. The van der Waals surface area contributed by atoms with Gasteiger partial charge in [-0.25, -0.2) is 18.2 Å². The van der Waals surface area contributed by atoms with E-state index in [1.807, 2.05) is 37.3 Å². The number of aryl methyl sites for hydroxylation is 1. The van der Waals surface area contributed by atoms with E-state index in [1.165, 1.54) is 12.1 Å². The summed E-state index contributed by atoms with van der Waals surface area (Å²) in [4.78, 5) is 4.08. The summed E-state index contributed by atoms with van der Waals surface area (Å²) in [5.74, 6) is 1.45.